The van der Waals surface area contributed by atoms with Gasteiger partial charge in [-0.2, -0.15) is 0 Å². The minimum Gasteiger partial charge on any atom is -0.379 e. The highest BCUT2D eigenvalue weighted by Gasteiger charge is 2.21. The largest absolute Gasteiger partial charge is 0.379 e. The second-order valence-electron chi connectivity index (χ2n) is 7.04. The molecule has 1 N–H and O–H groups in total. The topological polar surface area (TPSA) is 74.8 Å². The zero-order valence-corrected chi connectivity index (χ0v) is 17.0. The maximum Gasteiger partial charge on any atom is 0.318 e. The van der Waals surface area contributed by atoms with Crippen LogP contribution in [0.5, 0.6) is 0 Å². The summed E-state index contributed by atoms with van der Waals surface area (Å²) in [4.78, 5) is 32.8. The summed E-state index contributed by atoms with van der Waals surface area (Å²) in [5, 5.41) is 5.92. The minimum absolute atomic E-state index is 0.0178. The third kappa shape index (κ3) is 6.34. The van der Waals surface area contributed by atoms with Crippen molar-refractivity contribution in [2.75, 3.05) is 39.9 Å². The maximum atomic E-state index is 12.5. The van der Waals surface area contributed by atoms with Crippen molar-refractivity contribution in [3.63, 3.8) is 0 Å². The third-order valence-corrected chi connectivity index (χ3v) is 5.63. The number of thiazole rings is 1. The number of amides is 2. The van der Waals surface area contributed by atoms with Crippen molar-refractivity contribution in [2.24, 2.45) is 0 Å². The van der Waals surface area contributed by atoms with Crippen LogP contribution in [0.3, 0.4) is 0 Å². The van der Waals surface area contributed by atoms with Gasteiger partial charge in [0, 0.05) is 38.0 Å². The molecule has 1 aromatic rings. The highest BCUT2D eigenvalue weighted by molar-refractivity contribution is 7.09. The molecule has 0 aromatic carbocycles. The van der Waals surface area contributed by atoms with E-state index >= 15 is 0 Å². The molecule has 1 aliphatic heterocycles. The van der Waals surface area contributed by atoms with E-state index in [0.29, 0.717) is 18.9 Å². The summed E-state index contributed by atoms with van der Waals surface area (Å²) in [5.41, 5.74) is 0.879. The van der Waals surface area contributed by atoms with Gasteiger partial charge < -0.3 is 15.0 Å². The number of urea groups is 1. The standard InChI is InChI=1S/C18H30N4O3S/c1-13(2)17-19-15(12-26-17)11-21(4)18(24)20-16(14(3)23)5-6-22-7-9-25-10-8-22/h12-13,16H,5-11H2,1-4H3,(H,20,24). The summed E-state index contributed by atoms with van der Waals surface area (Å²) in [6.45, 7) is 10.2. The van der Waals surface area contributed by atoms with E-state index in [-0.39, 0.29) is 11.8 Å². The second kappa shape index (κ2) is 9.99. The lowest BCUT2D eigenvalue weighted by Gasteiger charge is -2.28. The monoisotopic (exact) mass is 382 g/mol. The molecule has 8 heteroatoms. The van der Waals surface area contributed by atoms with Gasteiger partial charge in [-0.05, 0) is 13.3 Å². The Kier molecular flexibility index (Phi) is 7.99. The molecule has 0 spiro atoms. The van der Waals surface area contributed by atoms with E-state index in [2.05, 4.69) is 29.0 Å². The third-order valence-electron chi connectivity index (χ3n) is 4.44. The smallest absolute Gasteiger partial charge is 0.318 e. The Morgan fingerprint density at radius 3 is 2.65 bits per heavy atom. The fourth-order valence-electron chi connectivity index (χ4n) is 2.75. The van der Waals surface area contributed by atoms with E-state index in [1.807, 2.05) is 5.38 Å². The van der Waals surface area contributed by atoms with Crippen molar-refractivity contribution in [3.05, 3.63) is 16.1 Å². The lowest BCUT2D eigenvalue weighted by Crippen LogP contribution is -2.48. The first kappa shape index (κ1) is 20.8. The Labute approximate surface area is 159 Å². The zero-order chi connectivity index (χ0) is 19.1. The van der Waals surface area contributed by atoms with Crippen LogP contribution in [-0.4, -0.2) is 72.5 Å². The van der Waals surface area contributed by atoms with Gasteiger partial charge in [0.05, 0.1) is 36.5 Å². The van der Waals surface area contributed by atoms with Gasteiger partial charge in [-0.25, -0.2) is 9.78 Å². The van der Waals surface area contributed by atoms with Gasteiger partial charge >= 0.3 is 6.03 Å². The highest BCUT2D eigenvalue weighted by Crippen LogP contribution is 2.19. The fraction of sp³-hybridized carbons (Fsp3) is 0.722. The predicted octanol–water partition coefficient (Wildman–Crippen LogP) is 2.09. The summed E-state index contributed by atoms with van der Waals surface area (Å²) in [6, 6.07) is -0.708. The summed E-state index contributed by atoms with van der Waals surface area (Å²) in [7, 11) is 1.73. The molecule has 1 unspecified atom stereocenters. The number of carbonyl (C=O) groups is 2. The second-order valence-corrected chi connectivity index (χ2v) is 7.93. The van der Waals surface area contributed by atoms with Crippen LogP contribution in [0.4, 0.5) is 4.79 Å². The SMILES string of the molecule is CC(=O)C(CCN1CCOCC1)NC(=O)N(C)Cc1csc(C(C)C)n1. The van der Waals surface area contributed by atoms with Gasteiger partial charge in [0.15, 0.2) is 5.78 Å². The van der Waals surface area contributed by atoms with Crippen molar-refractivity contribution in [2.45, 2.75) is 45.7 Å². The zero-order valence-electron chi connectivity index (χ0n) is 16.2. The van der Waals surface area contributed by atoms with Crippen molar-refractivity contribution >= 4 is 23.2 Å². The van der Waals surface area contributed by atoms with Gasteiger partial charge in [-0.1, -0.05) is 13.8 Å². The number of nitrogens with one attached hydrogen (secondary N) is 1. The average Bonchev–Trinajstić information content (AvgIpc) is 3.07. The number of hydrogen-bond donors (Lipinski definition) is 1. The summed E-state index contributed by atoms with van der Waals surface area (Å²) >= 11 is 1.61. The van der Waals surface area contributed by atoms with Crippen LogP contribution in [0.2, 0.25) is 0 Å². The number of ether oxygens (including phenoxy) is 1. The number of nitrogens with zero attached hydrogens (tertiary/aromatic N) is 3. The van der Waals surface area contributed by atoms with Crippen LogP contribution in [0.1, 0.15) is 43.8 Å². The summed E-state index contributed by atoms with van der Waals surface area (Å²) in [5.74, 6) is 0.367. The highest BCUT2D eigenvalue weighted by atomic mass is 32.1. The molecule has 1 atom stereocenters. The molecule has 1 aromatic heterocycles. The molecule has 1 aliphatic rings. The first-order chi connectivity index (χ1) is 12.4. The van der Waals surface area contributed by atoms with Crippen LogP contribution in [0.25, 0.3) is 0 Å². The Bertz CT molecular complexity index is 599. The number of carbonyl (C=O) groups excluding carboxylic acids is 2. The first-order valence-electron chi connectivity index (χ1n) is 9.13. The van der Waals surface area contributed by atoms with E-state index in [9.17, 15) is 9.59 Å². The fourth-order valence-corrected chi connectivity index (χ4v) is 3.57. The van der Waals surface area contributed by atoms with Crippen LogP contribution in [0, 0.1) is 0 Å². The summed E-state index contributed by atoms with van der Waals surface area (Å²) in [6.07, 6.45) is 0.614. The predicted molar refractivity (Wildman–Crippen MR) is 103 cm³/mol. The lowest BCUT2D eigenvalue weighted by atomic mass is 10.1. The Morgan fingerprint density at radius 2 is 2.08 bits per heavy atom. The lowest BCUT2D eigenvalue weighted by molar-refractivity contribution is -0.119. The Morgan fingerprint density at radius 1 is 1.38 bits per heavy atom. The van der Waals surface area contributed by atoms with Gasteiger partial charge in [0.1, 0.15) is 0 Å². The normalized spacial score (nSPS) is 16.5. The molecule has 146 valence electrons. The van der Waals surface area contributed by atoms with Gasteiger partial charge in [-0.15, -0.1) is 11.3 Å². The van der Waals surface area contributed by atoms with E-state index in [0.717, 1.165) is 43.5 Å². The van der Waals surface area contributed by atoms with Crippen molar-refractivity contribution < 1.29 is 14.3 Å². The molecule has 7 nitrogen and oxygen atoms in total. The van der Waals surface area contributed by atoms with Crippen LogP contribution in [0.15, 0.2) is 5.38 Å². The number of rotatable bonds is 8. The van der Waals surface area contributed by atoms with Crippen molar-refractivity contribution in [1.82, 2.24) is 20.1 Å². The summed E-state index contributed by atoms with van der Waals surface area (Å²) < 4.78 is 5.33. The Balaban J connectivity index is 1.83. The quantitative estimate of drug-likeness (QED) is 0.745. The Hall–Kier alpha value is -1.51. The van der Waals surface area contributed by atoms with Gasteiger partial charge in [0.25, 0.3) is 0 Å². The molecule has 2 amide bonds. The van der Waals surface area contributed by atoms with Gasteiger partial charge in [-0.3, -0.25) is 9.69 Å². The molecule has 2 rings (SSSR count). The van der Waals surface area contributed by atoms with E-state index in [4.69, 9.17) is 4.74 Å². The first-order valence-corrected chi connectivity index (χ1v) is 10.0. The number of hydrogen-bond acceptors (Lipinski definition) is 6. The molecule has 26 heavy (non-hydrogen) atoms. The van der Waals surface area contributed by atoms with E-state index < -0.39 is 6.04 Å². The van der Waals surface area contributed by atoms with E-state index in [1.54, 1.807) is 23.3 Å². The van der Waals surface area contributed by atoms with Crippen molar-refractivity contribution in [3.8, 4) is 0 Å². The molecular formula is C18H30N4O3S. The average molecular weight is 383 g/mol. The number of ketones is 1. The number of Topliss-reactive ketones (excluding diaryl/α,β-unsaturated/α-hetero) is 1. The molecule has 0 radical (unpaired) electrons. The van der Waals surface area contributed by atoms with Crippen LogP contribution < -0.4 is 5.32 Å². The molecule has 2 heterocycles. The molecule has 0 bridgehead atoms. The van der Waals surface area contributed by atoms with Crippen molar-refractivity contribution in [1.29, 1.82) is 0 Å². The number of morpholine rings is 1. The number of aromatic nitrogens is 1. The van der Waals surface area contributed by atoms with Gasteiger partial charge in [0.2, 0.25) is 0 Å². The molecule has 0 saturated carbocycles. The maximum absolute atomic E-state index is 12.5. The molecule has 1 fully saturated rings. The molecular weight excluding hydrogens is 352 g/mol. The van der Waals surface area contributed by atoms with Crippen LogP contribution >= 0.6 is 11.3 Å². The van der Waals surface area contributed by atoms with Crippen LogP contribution in [-0.2, 0) is 16.1 Å². The molecule has 1 saturated heterocycles. The van der Waals surface area contributed by atoms with E-state index in [1.165, 1.54) is 6.92 Å². The minimum atomic E-state index is -0.463. The molecule has 0 aliphatic carbocycles.